The molecule has 0 unspecified atom stereocenters. The van der Waals surface area contributed by atoms with Gasteiger partial charge in [-0.15, -0.1) is 13.2 Å². The molecule has 162 valence electrons. The average Bonchev–Trinajstić information content (AvgIpc) is 2.78. The normalized spacial score (nSPS) is 9.29. The highest BCUT2D eigenvalue weighted by molar-refractivity contribution is 5.94. The number of nitro benzene ring substituents is 1. The molecule has 0 N–H and O–H groups in total. The molecular formula is C22H21FN2O6. The van der Waals surface area contributed by atoms with Gasteiger partial charge in [0.05, 0.1) is 30.8 Å². The Balaban J connectivity index is 0.00000233. The first-order chi connectivity index (χ1) is 14.8. The summed E-state index contributed by atoms with van der Waals surface area (Å²) in [6, 6.07) is 8.30. The van der Waals surface area contributed by atoms with Gasteiger partial charge < -0.3 is 14.4 Å². The highest BCUT2D eigenvalue weighted by Crippen LogP contribution is 2.24. The van der Waals surface area contributed by atoms with Gasteiger partial charge in [0.1, 0.15) is 11.4 Å². The average molecular weight is 428 g/mol. The first kappa shape index (κ1) is 24.8. The largest absolute Gasteiger partial charge is 0.465 e. The third-order valence-corrected chi connectivity index (χ3v) is 3.88. The van der Waals surface area contributed by atoms with Crippen molar-refractivity contribution < 1.29 is 28.4 Å². The second-order valence-electron chi connectivity index (χ2n) is 5.87. The van der Waals surface area contributed by atoms with E-state index >= 15 is 0 Å². The van der Waals surface area contributed by atoms with E-state index in [1.54, 1.807) is 31.3 Å². The molecule has 0 atom stereocenters. The number of nitrogens with zero attached hydrogens (tertiary/aromatic N) is 2. The summed E-state index contributed by atoms with van der Waals surface area (Å²) in [6.45, 7) is 6.32. The lowest BCUT2D eigenvalue weighted by Gasteiger charge is -2.15. The van der Waals surface area contributed by atoms with Gasteiger partial charge in [-0.1, -0.05) is 24.0 Å². The van der Waals surface area contributed by atoms with E-state index in [4.69, 9.17) is 0 Å². The number of benzene rings is 2. The fourth-order valence-electron chi connectivity index (χ4n) is 2.46. The lowest BCUT2D eigenvalue weighted by atomic mass is 10.0. The fraction of sp³-hybridized carbons (Fsp3) is 0.182. The van der Waals surface area contributed by atoms with Gasteiger partial charge in [0.2, 0.25) is 0 Å². The van der Waals surface area contributed by atoms with Crippen molar-refractivity contribution in [3.05, 3.63) is 87.7 Å². The van der Waals surface area contributed by atoms with Gasteiger partial charge >= 0.3 is 12.1 Å². The smallest absolute Gasteiger partial charge is 0.409 e. The van der Waals surface area contributed by atoms with E-state index in [9.17, 15) is 24.1 Å². The number of hydrogen-bond donors (Lipinski definition) is 0. The number of methoxy groups -OCH3 is 2. The van der Waals surface area contributed by atoms with Gasteiger partial charge in [-0.25, -0.2) is 14.0 Å². The molecule has 2 aromatic rings. The summed E-state index contributed by atoms with van der Waals surface area (Å²) in [5.74, 6) is 3.41. The SMILES string of the molecule is C=C.COC(=O)c1cc(F)cc([N+](=O)[O-])c1C#Cc1ccc(CN(C)C(=O)OC)cc1. The zero-order valence-corrected chi connectivity index (χ0v) is 17.3. The van der Waals surface area contributed by atoms with E-state index in [0.717, 1.165) is 18.7 Å². The van der Waals surface area contributed by atoms with E-state index in [1.165, 1.54) is 12.0 Å². The molecular weight excluding hydrogens is 407 g/mol. The van der Waals surface area contributed by atoms with Crippen LogP contribution in [0.2, 0.25) is 0 Å². The van der Waals surface area contributed by atoms with Crippen LogP contribution in [0.5, 0.6) is 0 Å². The van der Waals surface area contributed by atoms with Crippen molar-refractivity contribution in [3.8, 4) is 11.8 Å². The van der Waals surface area contributed by atoms with Crippen LogP contribution in [0.3, 0.4) is 0 Å². The molecule has 8 nitrogen and oxygen atoms in total. The van der Waals surface area contributed by atoms with Crippen molar-refractivity contribution in [2.75, 3.05) is 21.3 Å². The zero-order valence-electron chi connectivity index (χ0n) is 17.3. The van der Waals surface area contributed by atoms with Crippen LogP contribution >= 0.6 is 0 Å². The molecule has 9 heteroatoms. The number of nitro groups is 1. The maximum atomic E-state index is 13.7. The summed E-state index contributed by atoms with van der Waals surface area (Å²) in [5, 5.41) is 11.3. The molecule has 0 bridgehead atoms. The van der Waals surface area contributed by atoms with E-state index in [1.807, 2.05) is 0 Å². The van der Waals surface area contributed by atoms with Gasteiger partial charge in [-0.3, -0.25) is 10.1 Å². The summed E-state index contributed by atoms with van der Waals surface area (Å²) in [6.07, 6.45) is -0.479. The molecule has 0 spiro atoms. The Morgan fingerprint density at radius 3 is 2.26 bits per heavy atom. The summed E-state index contributed by atoms with van der Waals surface area (Å²) in [4.78, 5) is 35.1. The quantitative estimate of drug-likeness (QED) is 0.241. The summed E-state index contributed by atoms with van der Waals surface area (Å²) < 4.78 is 22.8. The number of carbonyl (C=O) groups excluding carboxylic acids is 2. The Morgan fingerprint density at radius 2 is 1.74 bits per heavy atom. The van der Waals surface area contributed by atoms with E-state index in [0.29, 0.717) is 18.2 Å². The lowest BCUT2D eigenvalue weighted by molar-refractivity contribution is -0.385. The van der Waals surface area contributed by atoms with Crippen molar-refractivity contribution in [2.24, 2.45) is 0 Å². The zero-order chi connectivity index (χ0) is 23.6. The Morgan fingerprint density at radius 1 is 1.13 bits per heavy atom. The molecule has 2 aromatic carbocycles. The molecule has 0 aliphatic carbocycles. The first-order valence-electron chi connectivity index (χ1n) is 8.73. The van der Waals surface area contributed by atoms with Gasteiger partial charge in [0.15, 0.2) is 0 Å². The Kier molecular flexibility index (Phi) is 9.40. The van der Waals surface area contributed by atoms with Gasteiger partial charge in [-0.05, 0) is 23.8 Å². The molecule has 0 radical (unpaired) electrons. The van der Waals surface area contributed by atoms with Crippen LogP contribution < -0.4 is 0 Å². The third kappa shape index (κ3) is 6.68. The maximum Gasteiger partial charge on any atom is 0.409 e. The fourth-order valence-corrected chi connectivity index (χ4v) is 2.46. The third-order valence-electron chi connectivity index (χ3n) is 3.88. The number of ether oxygens (including phenoxy) is 2. The number of esters is 1. The number of rotatable bonds is 4. The molecule has 1 amide bonds. The molecule has 2 rings (SSSR count). The Bertz CT molecular complexity index is 1020. The number of carbonyl (C=O) groups is 2. The maximum absolute atomic E-state index is 13.7. The van der Waals surface area contributed by atoms with Gasteiger partial charge in [0, 0.05) is 19.2 Å². The summed E-state index contributed by atoms with van der Waals surface area (Å²) >= 11 is 0. The summed E-state index contributed by atoms with van der Waals surface area (Å²) in [5.41, 5.74) is 0.116. The minimum atomic E-state index is -0.943. The highest BCUT2D eigenvalue weighted by atomic mass is 19.1. The molecule has 0 aromatic heterocycles. The van der Waals surface area contributed by atoms with Crippen molar-refractivity contribution in [2.45, 2.75) is 6.54 Å². The standard InChI is InChI=1S/C20H17FN2O6.C2H4/c1-22(20(25)29-3)12-14-6-4-13(5-7-14)8-9-16-17(19(24)28-2)10-15(21)11-18(16)23(26)27;1-2/h4-7,10-11H,12H2,1-3H3;1-2H2. The minimum Gasteiger partial charge on any atom is -0.465 e. The van der Waals surface area contributed by atoms with Gasteiger partial charge in [0.25, 0.3) is 5.69 Å². The minimum absolute atomic E-state index is 0.238. The van der Waals surface area contributed by atoms with Crippen molar-refractivity contribution in [1.82, 2.24) is 4.90 Å². The van der Waals surface area contributed by atoms with Crippen LogP contribution in [-0.4, -0.2) is 43.2 Å². The second-order valence-corrected chi connectivity index (χ2v) is 5.87. The lowest BCUT2D eigenvalue weighted by Crippen LogP contribution is -2.25. The molecule has 31 heavy (non-hydrogen) atoms. The molecule has 0 saturated heterocycles. The topological polar surface area (TPSA) is 99.0 Å². The highest BCUT2D eigenvalue weighted by Gasteiger charge is 2.23. The molecule has 0 saturated carbocycles. The van der Waals surface area contributed by atoms with Crippen LogP contribution in [0.1, 0.15) is 27.0 Å². The van der Waals surface area contributed by atoms with Crippen molar-refractivity contribution in [3.63, 3.8) is 0 Å². The molecule has 0 aliphatic rings. The molecule has 0 aliphatic heterocycles. The second kappa shape index (κ2) is 11.7. The van der Waals surface area contributed by atoms with E-state index in [2.05, 4.69) is 34.5 Å². The predicted molar refractivity (Wildman–Crippen MR) is 112 cm³/mol. The van der Waals surface area contributed by atoms with E-state index < -0.39 is 28.5 Å². The summed E-state index contributed by atoms with van der Waals surface area (Å²) in [7, 11) is 3.96. The number of hydrogen-bond acceptors (Lipinski definition) is 6. The van der Waals surface area contributed by atoms with Crippen LogP contribution in [-0.2, 0) is 16.0 Å². The van der Waals surface area contributed by atoms with Crippen LogP contribution in [0.15, 0.2) is 49.6 Å². The van der Waals surface area contributed by atoms with E-state index in [-0.39, 0.29) is 11.1 Å². The van der Waals surface area contributed by atoms with Crippen molar-refractivity contribution in [1.29, 1.82) is 0 Å². The number of amides is 1. The van der Waals surface area contributed by atoms with Crippen LogP contribution in [0.4, 0.5) is 14.9 Å². The molecule has 0 heterocycles. The van der Waals surface area contributed by atoms with Crippen LogP contribution in [0, 0.1) is 27.8 Å². The Labute approximate surface area is 179 Å². The monoisotopic (exact) mass is 428 g/mol. The molecule has 0 fully saturated rings. The Hall–Kier alpha value is -4.19. The number of halogens is 1. The van der Waals surface area contributed by atoms with Crippen molar-refractivity contribution >= 4 is 17.7 Å². The van der Waals surface area contributed by atoms with Crippen LogP contribution in [0.25, 0.3) is 0 Å². The van der Waals surface area contributed by atoms with Gasteiger partial charge in [-0.2, -0.15) is 0 Å². The predicted octanol–water partition coefficient (Wildman–Crippen LogP) is 3.92. The first-order valence-corrected chi connectivity index (χ1v) is 8.73.